The molecule has 0 radical (unpaired) electrons. The second-order valence-electron chi connectivity index (χ2n) is 4.01. The summed E-state index contributed by atoms with van der Waals surface area (Å²) in [4.78, 5) is 14.0. The Balaban J connectivity index is 2.51. The lowest BCUT2D eigenvalue weighted by Crippen LogP contribution is -2.34. The molecule has 0 saturated carbocycles. The van der Waals surface area contributed by atoms with Crippen LogP contribution in [0.4, 0.5) is 5.69 Å². The highest BCUT2D eigenvalue weighted by atomic mass is 16.6. The lowest BCUT2D eigenvalue weighted by molar-refractivity contribution is -0.384. The van der Waals surface area contributed by atoms with Gasteiger partial charge in [-0.2, -0.15) is 0 Å². The van der Waals surface area contributed by atoms with Gasteiger partial charge >= 0.3 is 0 Å². The maximum atomic E-state index is 10.5. The summed E-state index contributed by atoms with van der Waals surface area (Å²) in [5, 5.41) is 23.2. The van der Waals surface area contributed by atoms with E-state index in [1.807, 2.05) is 0 Å². The Labute approximate surface area is 116 Å². The summed E-state index contributed by atoms with van der Waals surface area (Å²) in [7, 11) is 1.58. The fourth-order valence-electron chi connectivity index (χ4n) is 1.45. The molecule has 0 heterocycles. The zero-order valence-electron chi connectivity index (χ0n) is 11.2. The Hall–Kier alpha value is -2.19. The van der Waals surface area contributed by atoms with Crippen molar-refractivity contribution in [3.63, 3.8) is 0 Å². The van der Waals surface area contributed by atoms with Gasteiger partial charge in [0, 0.05) is 25.8 Å². The van der Waals surface area contributed by atoms with Crippen molar-refractivity contribution in [3.8, 4) is 0 Å². The first kappa shape index (κ1) is 15.9. The van der Waals surface area contributed by atoms with Crippen LogP contribution in [-0.2, 0) is 4.74 Å². The second-order valence-corrected chi connectivity index (χ2v) is 4.01. The number of nitro groups is 1. The van der Waals surface area contributed by atoms with Crippen molar-refractivity contribution in [3.05, 3.63) is 39.9 Å². The lowest BCUT2D eigenvalue weighted by atomic mass is 10.1. The molecule has 20 heavy (non-hydrogen) atoms. The fourth-order valence-corrected chi connectivity index (χ4v) is 1.45. The van der Waals surface area contributed by atoms with Crippen LogP contribution in [0, 0.1) is 10.1 Å². The van der Waals surface area contributed by atoms with E-state index in [0.29, 0.717) is 18.7 Å². The molecule has 0 amide bonds. The maximum Gasteiger partial charge on any atom is 0.269 e. The number of nitro benzene ring substituents is 1. The van der Waals surface area contributed by atoms with Crippen molar-refractivity contribution in [1.82, 2.24) is 5.32 Å². The summed E-state index contributed by atoms with van der Waals surface area (Å²) in [5.41, 5.74) is 6.11. The molecule has 1 rings (SSSR count). The Morgan fingerprint density at radius 3 is 2.75 bits per heavy atom. The minimum Gasteiger partial charge on any atom is -0.386 e. The van der Waals surface area contributed by atoms with E-state index in [2.05, 4.69) is 10.3 Å². The van der Waals surface area contributed by atoms with Gasteiger partial charge in [0.05, 0.1) is 24.2 Å². The summed E-state index contributed by atoms with van der Waals surface area (Å²) in [6.45, 7) is 1.10. The highest BCUT2D eigenvalue weighted by Crippen LogP contribution is 2.17. The van der Waals surface area contributed by atoms with Gasteiger partial charge in [0.25, 0.3) is 5.69 Å². The molecule has 8 nitrogen and oxygen atoms in total. The fraction of sp³-hybridized carbons (Fsp3) is 0.417. The van der Waals surface area contributed by atoms with E-state index >= 15 is 0 Å². The molecule has 0 aliphatic carbocycles. The number of nitrogens with two attached hydrogens (primary N) is 1. The number of nitrogens with zero attached hydrogens (tertiary/aromatic N) is 2. The Kier molecular flexibility index (Phi) is 6.41. The van der Waals surface area contributed by atoms with Gasteiger partial charge in [-0.3, -0.25) is 15.1 Å². The zero-order valence-corrected chi connectivity index (χ0v) is 11.2. The molecule has 0 aromatic heterocycles. The minimum atomic E-state index is -0.862. The van der Waals surface area contributed by atoms with Crippen molar-refractivity contribution in [2.24, 2.45) is 10.7 Å². The molecule has 110 valence electrons. The van der Waals surface area contributed by atoms with E-state index in [1.54, 1.807) is 7.11 Å². The number of hydrogen-bond donors (Lipinski definition) is 3. The Morgan fingerprint density at radius 1 is 1.55 bits per heavy atom. The number of rotatable bonds is 7. The number of nitrogens with one attached hydrogen (secondary N) is 1. The SMILES string of the molecule is COCCNC(N)=NC[C@H](O)c1ccc([N+](=O)[O-])cc1. The molecule has 0 aliphatic heterocycles. The van der Waals surface area contributed by atoms with Gasteiger partial charge < -0.3 is 20.9 Å². The Morgan fingerprint density at radius 2 is 2.20 bits per heavy atom. The molecule has 0 saturated heterocycles. The Bertz CT molecular complexity index is 461. The normalized spacial score (nSPS) is 13.0. The van der Waals surface area contributed by atoms with E-state index in [1.165, 1.54) is 24.3 Å². The third-order valence-electron chi connectivity index (χ3n) is 2.54. The van der Waals surface area contributed by atoms with Gasteiger partial charge in [-0.1, -0.05) is 0 Å². The molecule has 0 spiro atoms. The smallest absolute Gasteiger partial charge is 0.269 e. The van der Waals surface area contributed by atoms with Crippen LogP contribution in [0.2, 0.25) is 0 Å². The van der Waals surface area contributed by atoms with Crippen LogP contribution >= 0.6 is 0 Å². The molecular weight excluding hydrogens is 264 g/mol. The first-order valence-electron chi connectivity index (χ1n) is 5.99. The summed E-state index contributed by atoms with van der Waals surface area (Å²) in [6.07, 6.45) is -0.862. The molecular formula is C12H18N4O4. The van der Waals surface area contributed by atoms with Crippen molar-refractivity contribution in [2.75, 3.05) is 26.8 Å². The number of hydrogen-bond acceptors (Lipinski definition) is 5. The quantitative estimate of drug-likeness (QED) is 0.215. The summed E-state index contributed by atoms with van der Waals surface area (Å²) < 4.78 is 4.84. The van der Waals surface area contributed by atoms with E-state index in [-0.39, 0.29) is 18.2 Å². The molecule has 1 atom stereocenters. The van der Waals surface area contributed by atoms with E-state index in [4.69, 9.17) is 10.5 Å². The number of ether oxygens (including phenoxy) is 1. The van der Waals surface area contributed by atoms with Crippen LogP contribution < -0.4 is 11.1 Å². The van der Waals surface area contributed by atoms with E-state index in [0.717, 1.165) is 0 Å². The van der Waals surface area contributed by atoms with Crippen LogP contribution in [0.25, 0.3) is 0 Å². The van der Waals surface area contributed by atoms with Crippen molar-refractivity contribution < 1.29 is 14.8 Å². The van der Waals surface area contributed by atoms with Gasteiger partial charge in [0.15, 0.2) is 5.96 Å². The molecule has 4 N–H and O–H groups in total. The van der Waals surface area contributed by atoms with Crippen LogP contribution in [0.1, 0.15) is 11.7 Å². The van der Waals surface area contributed by atoms with Crippen LogP contribution in [0.3, 0.4) is 0 Å². The van der Waals surface area contributed by atoms with Crippen LogP contribution in [-0.4, -0.2) is 42.8 Å². The van der Waals surface area contributed by atoms with Crippen LogP contribution in [0.5, 0.6) is 0 Å². The number of guanidine groups is 1. The second kappa shape index (κ2) is 8.08. The third kappa shape index (κ3) is 5.21. The molecule has 0 unspecified atom stereocenters. The average molecular weight is 282 g/mol. The topological polar surface area (TPSA) is 123 Å². The number of aliphatic imine (C=N–C) groups is 1. The molecule has 0 fully saturated rings. The monoisotopic (exact) mass is 282 g/mol. The first-order chi connectivity index (χ1) is 9.54. The number of benzene rings is 1. The van der Waals surface area contributed by atoms with Crippen molar-refractivity contribution in [1.29, 1.82) is 0 Å². The van der Waals surface area contributed by atoms with E-state index < -0.39 is 11.0 Å². The van der Waals surface area contributed by atoms with Crippen molar-refractivity contribution in [2.45, 2.75) is 6.10 Å². The predicted octanol–water partition coefficient (Wildman–Crippen LogP) is 0.179. The van der Waals surface area contributed by atoms with Gasteiger partial charge in [-0.25, -0.2) is 0 Å². The average Bonchev–Trinajstić information content (AvgIpc) is 2.45. The maximum absolute atomic E-state index is 10.5. The first-order valence-corrected chi connectivity index (χ1v) is 5.99. The van der Waals surface area contributed by atoms with Gasteiger partial charge in [-0.15, -0.1) is 0 Å². The third-order valence-corrected chi connectivity index (χ3v) is 2.54. The lowest BCUT2D eigenvalue weighted by Gasteiger charge is -2.09. The molecule has 0 aliphatic rings. The van der Waals surface area contributed by atoms with Gasteiger partial charge in [0.2, 0.25) is 0 Å². The molecule has 1 aromatic rings. The molecule has 1 aromatic carbocycles. The molecule has 8 heteroatoms. The highest BCUT2D eigenvalue weighted by Gasteiger charge is 2.10. The standard InChI is InChI=1S/C12H18N4O4/c1-20-7-6-14-12(13)15-8-11(17)9-2-4-10(5-3-9)16(18)19/h2-5,11,17H,6-8H2,1H3,(H3,13,14,15)/t11-/m0/s1. The van der Waals surface area contributed by atoms with Crippen molar-refractivity contribution >= 4 is 11.6 Å². The summed E-state index contributed by atoms with van der Waals surface area (Å²) in [5.74, 6) is 0.211. The van der Waals surface area contributed by atoms with Gasteiger partial charge in [0.1, 0.15) is 0 Å². The molecule has 0 bridgehead atoms. The van der Waals surface area contributed by atoms with E-state index in [9.17, 15) is 15.2 Å². The summed E-state index contributed by atoms with van der Waals surface area (Å²) >= 11 is 0. The summed E-state index contributed by atoms with van der Waals surface area (Å²) in [6, 6.07) is 5.66. The number of aliphatic hydroxyl groups is 1. The minimum absolute atomic E-state index is 0.0230. The largest absolute Gasteiger partial charge is 0.386 e. The zero-order chi connectivity index (χ0) is 15.0. The van der Waals surface area contributed by atoms with Crippen LogP contribution in [0.15, 0.2) is 29.3 Å². The number of non-ortho nitro benzene ring substituents is 1. The predicted molar refractivity (Wildman–Crippen MR) is 74.4 cm³/mol. The van der Waals surface area contributed by atoms with Gasteiger partial charge in [-0.05, 0) is 17.7 Å². The number of methoxy groups -OCH3 is 1. The highest BCUT2D eigenvalue weighted by molar-refractivity contribution is 5.77. The number of aliphatic hydroxyl groups excluding tert-OH is 1.